The first-order chi connectivity index (χ1) is 10.1. The minimum Gasteiger partial charge on any atom is -0.481 e. The lowest BCUT2D eigenvalue weighted by Crippen LogP contribution is -2.52. The van der Waals surface area contributed by atoms with E-state index in [9.17, 15) is 14.7 Å². The molecule has 0 aliphatic carbocycles. The average molecular weight is 298 g/mol. The number of unbranched alkanes of at least 4 members (excludes halogenated alkanes) is 3. The lowest BCUT2D eigenvalue weighted by Gasteiger charge is -2.39. The SMILES string of the molecule is CCCCCCNC(=O)N1CCCC(CCC)(C(=O)O)C1. The van der Waals surface area contributed by atoms with Crippen LogP contribution in [0.15, 0.2) is 0 Å². The number of aliphatic carboxylic acids is 1. The molecule has 5 heteroatoms. The molecule has 1 unspecified atom stereocenters. The maximum atomic E-state index is 12.2. The van der Waals surface area contributed by atoms with Gasteiger partial charge in [0.05, 0.1) is 5.41 Å². The third kappa shape index (κ3) is 5.21. The Kier molecular flexibility index (Phi) is 7.54. The second-order valence-electron chi connectivity index (χ2n) is 6.15. The van der Waals surface area contributed by atoms with Gasteiger partial charge in [-0.2, -0.15) is 0 Å². The Labute approximate surface area is 128 Å². The molecule has 1 rings (SSSR count). The second kappa shape index (κ2) is 8.90. The van der Waals surface area contributed by atoms with Gasteiger partial charge in [-0.05, 0) is 25.7 Å². The number of piperidine rings is 1. The van der Waals surface area contributed by atoms with Gasteiger partial charge in [-0.1, -0.05) is 39.5 Å². The van der Waals surface area contributed by atoms with Crippen molar-refractivity contribution in [2.75, 3.05) is 19.6 Å². The van der Waals surface area contributed by atoms with Crippen molar-refractivity contribution in [1.29, 1.82) is 0 Å². The van der Waals surface area contributed by atoms with Crippen molar-refractivity contribution in [3.8, 4) is 0 Å². The van der Waals surface area contributed by atoms with E-state index in [1.807, 2.05) is 6.92 Å². The molecule has 1 atom stereocenters. The molecule has 2 N–H and O–H groups in total. The number of likely N-dealkylation sites (tertiary alicyclic amines) is 1. The number of nitrogens with one attached hydrogen (secondary N) is 1. The van der Waals surface area contributed by atoms with Crippen LogP contribution in [0.4, 0.5) is 4.79 Å². The van der Waals surface area contributed by atoms with E-state index in [1.54, 1.807) is 4.90 Å². The fourth-order valence-corrected chi connectivity index (χ4v) is 3.13. The van der Waals surface area contributed by atoms with Crippen LogP contribution in [0.1, 0.15) is 65.2 Å². The summed E-state index contributed by atoms with van der Waals surface area (Å²) < 4.78 is 0. The summed E-state index contributed by atoms with van der Waals surface area (Å²) in [6.45, 7) is 5.85. The van der Waals surface area contributed by atoms with Crippen LogP contribution >= 0.6 is 0 Å². The van der Waals surface area contributed by atoms with Gasteiger partial charge >= 0.3 is 12.0 Å². The van der Waals surface area contributed by atoms with Crippen LogP contribution < -0.4 is 5.32 Å². The van der Waals surface area contributed by atoms with Crippen molar-refractivity contribution in [2.45, 2.75) is 65.2 Å². The summed E-state index contributed by atoms with van der Waals surface area (Å²) in [5, 5.41) is 12.5. The van der Waals surface area contributed by atoms with Crippen LogP contribution in [0, 0.1) is 5.41 Å². The third-order valence-corrected chi connectivity index (χ3v) is 4.35. The van der Waals surface area contributed by atoms with Gasteiger partial charge in [0.25, 0.3) is 0 Å². The minimum atomic E-state index is -0.759. The third-order valence-electron chi connectivity index (χ3n) is 4.35. The normalized spacial score (nSPS) is 22.1. The van der Waals surface area contributed by atoms with Crippen molar-refractivity contribution in [1.82, 2.24) is 10.2 Å². The molecule has 1 saturated heterocycles. The molecule has 0 aromatic heterocycles. The maximum Gasteiger partial charge on any atom is 0.317 e. The van der Waals surface area contributed by atoms with Gasteiger partial charge in [0.15, 0.2) is 0 Å². The van der Waals surface area contributed by atoms with Gasteiger partial charge in [0.2, 0.25) is 0 Å². The lowest BCUT2D eigenvalue weighted by molar-refractivity contribution is -0.152. The highest BCUT2D eigenvalue weighted by Crippen LogP contribution is 2.35. The van der Waals surface area contributed by atoms with Crippen molar-refractivity contribution in [3.05, 3.63) is 0 Å². The van der Waals surface area contributed by atoms with Crippen molar-refractivity contribution in [2.24, 2.45) is 5.41 Å². The maximum absolute atomic E-state index is 12.2. The van der Waals surface area contributed by atoms with E-state index in [1.165, 1.54) is 12.8 Å². The Morgan fingerprint density at radius 1 is 1.19 bits per heavy atom. The molecule has 5 nitrogen and oxygen atoms in total. The first-order valence-corrected chi connectivity index (χ1v) is 8.32. The fourth-order valence-electron chi connectivity index (χ4n) is 3.13. The van der Waals surface area contributed by atoms with Crippen LogP contribution in [-0.2, 0) is 4.79 Å². The Morgan fingerprint density at radius 2 is 1.95 bits per heavy atom. The van der Waals surface area contributed by atoms with Gasteiger partial charge < -0.3 is 15.3 Å². The molecule has 0 saturated carbocycles. The molecule has 1 fully saturated rings. The Balaban J connectivity index is 2.47. The highest BCUT2D eigenvalue weighted by molar-refractivity contribution is 5.78. The van der Waals surface area contributed by atoms with Crippen LogP contribution in [0.5, 0.6) is 0 Å². The summed E-state index contributed by atoms with van der Waals surface area (Å²) in [5.41, 5.74) is -0.744. The average Bonchev–Trinajstić information content (AvgIpc) is 2.47. The van der Waals surface area contributed by atoms with Crippen molar-refractivity contribution in [3.63, 3.8) is 0 Å². The van der Waals surface area contributed by atoms with E-state index >= 15 is 0 Å². The predicted octanol–water partition coefficient (Wildman–Crippen LogP) is 3.24. The molecule has 0 aromatic carbocycles. The van der Waals surface area contributed by atoms with Crippen LogP contribution in [0.25, 0.3) is 0 Å². The quantitative estimate of drug-likeness (QED) is 0.676. The molecular weight excluding hydrogens is 268 g/mol. The van der Waals surface area contributed by atoms with Crippen molar-refractivity contribution >= 4 is 12.0 Å². The standard InChI is InChI=1S/C16H30N2O3/c1-3-5-6-7-11-17-15(21)18-12-8-10-16(13-18,9-4-2)14(19)20/h3-13H2,1-2H3,(H,17,21)(H,19,20). The van der Waals surface area contributed by atoms with E-state index in [0.717, 1.165) is 25.7 Å². The molecule has 122 valence electrons. The fraction of sp³-hybridized carbons (Fsp3) is 0.875. The number of nitrogens with zero attached hydrogens (tertiary/aromatic N) is 1. The van der Waals surface area contributed by atoms with Crippen LogP contribution in [-0.4, -0.2) is 41.6 Å². The molecule has 0 spiro atoms. The number of carbonyl (C=O) groups excluding carboxylic acids is 1. The largest absolute Gasteiger partial charge is 0.481 e. The summed E-state index contributed by atoms with van der Waals surface area (Å²) in [5.74, 6) is -0.759. The Morgan fingerprint density at radius 3 is 2.57 bits per heavy atom. The molecule has 0 aromatic rings. The highest BCUT2D eigenvalue weighted by Gasteiger charge is 2.42. The number of carbonyl (C=O) groups is 2. The monoisotopic (exact) mass is 298 g/mol. The minimum absolute atomic E-state index is 0.104. The first kappa shape index (κ1) is 17.8. The zero-order chi connectivity index (χ0) is 15.7. The van der Waals surface area contributed by atoms with E-state index in [0.29, 0.717) is 32.5 Å². The number of amides is 2. The number of carboxylic acid groups (broad SMARTS) is 1. The molecule has 1 aliphatic rings. The molecule has 1 aliphatic heterocycles. The molecule has 2 amide bonds. The van der Waals surface area contributed by atoms with E-state index in [4.69, 9.17) is 0 Å². The van der Waals surface area contributed by atoms with Gasteiger partial charge in [-0.3, -0.25) is 4.79 Å². The Bertz CT molecular complexity index is 342. The molecule has 0 radical (unpaired) electrons. The first-order valence-electron chi connectivity index (χ1n) is 8.32. The number of carboxylic acids is 1. The molecule has 21 heavy (non-hydrogen) atoms. The number of hydrogen-bond acceptors (Lipinski definition) is 2. The lowest BCUT2D eigenvalue weighted by atomic mass is 9.76. The summed E-state index contributed by atoms with van der Waals surface area (Å²) in [6, 6.07) is -0.104. The highest BCUT2D eigenvalue weighted by atomic mass is 16.4. The van der Waals surface area contributed by atoms with Crippen molar-refractivity contribution < 1.29 is 14.7 Å². The topological polar surface area (TPSA) is 69.6 Å². The molecular formula is C16H30N2O3. The number of hydrogen-bond donors (Lipinski definition) is 2. The summed E-state index contributed by atoms with van der Waals surface area (Å²) >= 11 is 0. The predicted molar refractivity (Wildman–Crippen MR) is 83.3 cm³/mol. The van der Waals surface area contributed by atoms with Gasteiger partial charge in [0, 0.05) is 19.6 Å². The Hall–Kier alpha value is -1.26. The van der Waals surface area contributed by atoms with E-state index in [2.05, 4.69) is 12.2 Å². The smallest absolute Gasteiger partial charge is 0.317 e. The summed E-state index contributed by atoms with van der Waals surface area (Å²) in [6.07, 6.45) is 7.42. The zero-order valence-corrected chi connectivity index (χ0v) is 13.5. The van der Waals surface area contributed by atoms with E-state index < -0.39 is 11.4 Å². The summed E-state index contributed by atoms with van der Waals surface area (Å²) in [7, 11) is 0. The number of urea groups is 1. The van der Waals surface area contributed by atoms with Crippen LogP contribution in [0.2, 0.25) is 0 Å². The van der Waals surface area contributed by atoms with Gasteiger partial charge in [0.1, 0.15) is 0 Å². The van der Waals surface area contributed by atoms with Gasteiger partial charge in [-0.15, -0.1) is 0 Å². The number of rotatable bonds is 8. The molecule has 1 heterocycles. The zero-order valence-electron chi connectivity index (χ0n) is 13.5. The van der Waals surface area contributed by atoms with E-state index in [-0.39, 0.29) is 6.03 Å². The molecule has 0 bridgehead atoms. The van der Waals surface area contributed by atoms with Gasteiger partial charge in [-0.25, -0.2) is 4.79 Å². The summed E-state index contributed by atoms with van der Waals surface area (Å²) in [4.78, 5) is 25.5. The second-order valence-corrected chi connectivity index (χ2v) is 6.15. The van der Waals surface area contributed by atoms with Crippen LogP contribution in [0.3, 0.4) is 0 Å².